The molecule has 9 nitrogen and oxygen atoms in total. The van der Waals surface area contributed by atoms with Crippen molar-refractivity contribution in [2.45, 2.75) is 46.1 Å². The molecule has 0 bridgehead atoms. The number of carbonyl (C=O) groups excluding carboxylic acids is 2. The maximum absolute atomic E-state index is 12.4. The first kappa shape index (κ1) is 22.8. The van der Waals surface area contributed by atoms with Gasteiger partial charge in [-0.15, -0.1) is 0 Å². The molecule has 1 atom stereocenters. The van der Waals surface area contributed by atoms with E-state index in [4.69, 9.17) is 15.2 Å². The second kappa shape index (κ2) is 9.51. The minimum absolute atomic E-state index is 0.208. The smallest absolute Gasteiger partial charge is 0.410 e. The molecular weight excluding hydrogens is 418 g/mol. The summed E-state index contributed by atoms with van der Waals surface area (Å²) in [4.78, 5) is 30.7. The van der Waals surface area contributed by atoms with Gasteiger partial charge in [0.1, 0.15) is 10.6 Å². The van der Waals surface area contributed by atoms with Crippen molar-refractivity contribution in [2.75, 3.05) is 30.7 Å². The topological polar surface area (TPSA) is 120 Å². The van der Waals surface area contributed by atoms with Crippen LogP contribution in [0.3, 0.4) is 0 Å². The first-order chi connectivity index (χ1) is 14.6. The second-order valence-electron chi connectivity index (χ2n) is 8.59. The number of rotatable bonds is 5. The number of hydrogen-bond acceptors (Lipinski definition) is 8. The van der Waals surface area contributed by atoms with Crippen LogP contribution < -0.4 is 15.8 Å². The molecule has 0 radical (unpaired) electrons. The monoisotopic (exact) mass is 447 g/mol. The Balaban J connectivity index is 1.50. The van der Waals surface area contributed by atoms with Crippen LogP contribution in [0.4, 0.5) is 15.5 Å². The van der Waals surface area contributed by atoms with Gasteiger partial charge < -0.3 is 25.4 Å². The number of piperidine rings is 1. The summed E-state index contributed by atoms with van der Waals surface area (Å²) in [5, 5.41) is 3.15. The van der Waals surface area contributed by atoms with Crippen molar-refractivity contribution in [3.05, 3.63) is 29.6 Å². The Morgan fingerprint density at radius 3 is 2.74 bits per heavy atom. The largest absolute Gasteiger partial charge is 0.477 e. The molecule has 2 amide bonds. The third-order valence-electron chi connectivity index (χ3n) is 4.75. The van der Waals surface area contributed by atoms with Gasteiger partial charge in [0.2, 0.25) is 5.88 Å². The van der Waals surface area contributed by atoms with Crippen LogP contribution in [0.15, 0.2) is 18.3 Å². The Morgan fingerprint density at radius 2 is 2.13 bits per heavy atom. The van der Waals surface area contributed by atoms with E-state index >= 15 is 0 Å². The number of nitrogen functional groups attached to an aromatic ring is 1. The summed E-state index contributed by atoms with van der Waals surface area (Å²) < 4.78 is 15.4. The van der Waals surface area contributed by atoms with Gasteiger partial charge in [-0.3, -0.25) is 4.79 Å². The SMILES string of the molecule is Cc1nsc(N)c1C(=O)Nc1ccc(OC[C@@H]2CCCN(C(=O)OC(C)(C)C)C2)nc1. The van der Waals surface area contributed by atoms with Crippen LogP contribution in [-0.4, -0.2) is 51.6 Å². The Kier molecular flexibility index (Phi) is 6.99. The lowest BCUT2D eigenvalue weighted by atomic mass is 9.99. The van der Waals surface area contributed by atoms with Crippen molar-refractivity contribution in [3.63, 3.8) is 0 Å². The molecule has 3 heterocycles. The molecule has 2 aromatic heterocycles. The van der Waals surface area contributed by atoms with E-state index in [1.807, 2.05) is 20.8 Å². The number of nitrogens with one attached hydrogen (secondary N) is 1. The van der Waals surface area contributed by atoms with E-state index in [1.54, 1.807) is 24.0 Å². The highest BCUT2D eigenvalue weighted by atomic mass is 32.1. The molecule has 31 heavy (non-hydrogen) atoms. The fourth-order valence-electron chi connectivity index (χ4n) is 3.29. The first-order valence-corrected chi connectivity index (χ1v) is 11.0. The second-order valence-corrected chi connectivity index (χ2v) is 9.40. The maximum Gasteiger partial charge on any atom is 0.410 e. The molecule has 1 fully saturated rings. The van der Waals surface area contributed by atoms with E-state index in [0.29, 0.717) is 47.5 Å². The number of anilines is 2. The van der Waals surface area contributed by atoms with Gasteiger partial charge in [0.05, 0.1) is 29.7 Å². The summed E-state index contributed by atoms with van der Waals surface area (Å²) in [6.45, 7) is 9.07. The highest BCUT2D eigenvalue weighted by Gasteiger charge is 2.28. The number of likely N-dealkylation sites (tertiary alicyclic amines) is 1. The molecule has 0 aliphatic carbocycles. The van der Waals surface area contributed by atoms with Crippen LogP contribution in [0.5, 0.6) is 5.88 Å². The summed E-state index contributed by atoms with van der Waals surface area (Å²) >= 11 is 1.10. The number of aromatic nitrogens is 2. The summed E-state index contributed by atoms with van der Waals surface area (Å²) in [5.41, 5.74) is 6.83. The molecule has 168 valence electrons. The number of aryl methyl sites for hydroxylation is 1. The van der Waals surface area contributed by atoms with Gasteiger partial charge >= 0.3 is 6.09 Å². The first-order valence-electron chi connectivity index (χ1n) is 10.2. The van der Waals surface area contributed by atoms with Crippen molar-refractivity contribution in [3.8, 4) is 5.88 Å². The molecule has 0 saturated carbocycles. The normalized spacial score (nSPS) is 16.6. The number of carbonyl (C=O) groups is 2. The third-order valence-corrected chi connectivity index (χ3v) is 5.51. The molecule has 3 rings (SSSR count). The molecule has 3 N–H and O–H groups in total. The minimum Gasteiger partial charge on any atom is -0.477 e. The van der Waals surface area contributed by atoms with Crippen molar-refractivity contribution in [2.24, 2.45) is 5.92 Å². The zero-order chi connectivity index (χ0) is 22.6. The van der Waals surface area contributed by atoms with Crippen LogP contribution in [0.25, 0.3) is 0 Å². The Labute approximate surface area is 186 Å². The van der Waals surface area contributed by atoms with Gasteiger partial charge in [0.25, 0.3) is 5.91 Å². The Bertz CT molecular complexity index is 903. The minimum atomic E-state index is -0.508. The molecule has 2 aromatic rings. The number of pyridine rings is 1. The molecule has 1 aliphatic heterocycles. The average Bonchev–Trinajstić information content (AvgIpc) is 3.04. The van der Waals surface area contributed by atoms with Gasteiger partial charge in [-0.1, -0.05) is 0 Å². The van der Waals surface area contributed by atoms with Crippen molar-refractivity contribution in [1.29, 1.82) is 0 Å². The fraction of sp³-hybridized carbons (Fsp3) is 0.524. The molecule has 0 aromatic carbocycles. The quantitative estimate of drug-likeness (QED) is 0.717. The number of ether oxygens (including phenoxy) is 2. The van der Waals surface area contributed by atoms with Gasteiger partial charge in [-0.25, -0.2) is 9.78 Å². The lowest BCUT2D eigenvalue weighted by molar-refractivity contribution is 0.0138. The van der Waals surface area contributed by atoms with Crippen molar-refractivity contribution in [1.82, 2.24) is 14.3 Å². The Morgan fingerprint density at radius 1 is 1.35 bits per heavy atom. The maximum atomic E-state index is 12.4. The van der Waals surface area contributed by atoms with E-state index in [2.05, 4.69) is 14.7 Å². The summed E-state index contributed by atoms with van der Waals surface area (Å²) in [6.07, 6.45) is 3.13. The average molecular weight is 448 g/mol. The lowest BCUT2D eigenvalue weighted by Crippen LogP contribution is -2.44. The number of hydrogen-bond donors (Lipinski definition) is 2. The summed E-state index contributed by atoms with van der Waals surface area (Å²) in [6, 6.07) is 3.42. The number of nitrogens with two attached hydrogens (primary N) is 1. The van der Waals surface area contributed by atoms with Crippen molar-refractivity contribution < 1.29 is 19.1 Å². The van der Waals surface area contributed by atoms with Gasteiger partial charge in [-0.05, 0) is 58.1 Å². The van der Waals surface area contributed by atoms with Crippen molar-refractivity contribution >= 4 is 34.2 Å². The van der Waals surface area contributed by atoms with Crippen LogP contribution in [0, 0.1) is 12.8 Å². The molecule has 1 saturated heterocycles. The fourth-order valence-corrected chi connectivity index (χ4v) is 3.95. The number of nitrogens with zero attached hydrogens (tertiary/aromatic N) is 3. The van der Waals surface area contributed by atoms with Gasteiger partial charge in [0, 0.05) is 25.1 Å². The number of amides is 2. The Hall–Kier alpha value is -2.88. The van der Waals surface area contributed by atoms with Crippen LogP contribution in [0.2, 0.25) is 0 Å². The zero-order valence-electron chi connectivity index (χ0n) is 18.3. The van der Waals surface area contributed by atoms with Gasteiger partial charge in [0.15, 0.2) is 0 Å². The molecule has 10 heteroatoms. The molecular formula is C21H29N5O4S. The highest BCUT2D eigenvalue weighted by molar-refractivity contribution is 7.10. The van der Waals surface area contributed by atoms with Crippen LogP contribution >= 0.6 is 11.5 Å². The summed E-state index contributed by atoms with van der Waals surface area (Å²) in [5.74, 6) is 0.350. The molecule has 0 unspecified atom stereocenters. The van der Waals surface area contributed by atoms with E-state index in [0.717, 1.165) is 24.4 Å². The third kappa shape index (κ3) is 6.30. The standard InChI is InChI=1S/C21H29N5O4S/c1-13-17(18(22)31-25-13)19(27)24-15-7-8-16(23-10-15)29-12-14-6-5-9-26(11-14)20(28)30-21(2,3)4/h7-8,10,14H,5-6,9,11-12,22H2,1-4H3,(H,24,27)/t14-/m1/s1. The molecule has 1 aliphatic rings. The summed E-state index contributed by atoms with van der Waals surface area (Å²) in [7, 11) is 0. The van der Waals surface area contributed by atoms with Gasteiger partial charge in [-0.2, -0.15) is 4.37 Å². The van der Waals surface area contributed by atoms with E-state index < -0.39 is 5.60 Å². The van der Waals surface area contributed by atoms with E-state index in [-0.39, 0.29) is 17.9 Å². The zero-order valence-corrected chi connectivity index (χ0v) is 19.1. The van der Waals surface area contributed by atoms with E-state index in [9.17, 15) is 9.59 Å². The van der Waals surface area contributed by atoms with E-state index in [1.165, 1.54) is 6.20 Å². The lowest BCUT2D eigenvalue weighted by Gasteiger charge is -2.33. The highest BCUT2D eigenvalue weighted by Crippen LogP contribution is 2.23. The molecule has 0 spiro atoms. The predicted octanol–water partition coefficient (Wildman–Crippen LogP) is 3.71. The van der Waals surface area contributed by atoms with Crippen LogP contribution in [-0.2, 0) is 4.74 Å². The predicted molar refractivity (Wildman–Crippen MR) is 119 cm³/mol. The van der Waals surface area contributed by atoms with Crippen LogP contribution in [0.1, 0.15) is 49.7 Å².